The van der Waals surface area contributed by atoms with Gasteiger partial charge < -0.3 is 29.9 Å². The lowest BCUT2D eigenvalue weighted by Gasteiger charge is -2.06. The van der Waals surface area contributed by atoms with E-state index in [1.807, 2.05) is 0 Å². The number of hydrogen-bond donors (Lipinski definition) is 4. The highest BCUT2D eigenvalue weighted by Gasteiger charge is 2.10. The highest BCUT2D eigenvalue weighted by Crippen LogP contribution is 2.23. The molecule has 0 atom stereocenters. The van der Waals surface area contributed by atoms with Gasteiger partial charge in [0.05, 0.1) is 56.7 Å². The Labute approximate surface area is 257 Å². The fourth-order valence-electron chi connectivity index (χ4n) is 3.93. The molecule has 0 radical (unpaired) electrons. The average Bonchev–Trinajstić information content (AvgIpc) is 3.05. The summed E-state index contributed by atoms with van der Waals surface area (Å²) in [6.45, 7) is 0. The van der Waals surface area contributed by atoms with Gasteiger partial charge in [-0.3, -0.25) is 0 Å². The summed E-state index contributed by atoms with van der Waals surface area (Å²) in [6, 6.07) is 20.5. The van der Waals surface area contributed by atoms with Crippen LogP contribution in [0.5, 0.6) is 23.3 Å². The molecule has 228 valence electrons. The number of rotatable bonds is 8. The summed E-state index contributed by atoms with van der Waals surface area (Å²) in [5.74, 6) is -2.98. The van der Waals surface area contributed by atoms with E-state index in [1.54, 1.807) is 12.1 Å². The lowest BCUT2D eigenvalue weighted by Crippen LogP contribution is -1.98. The molecule has 0 aliphatic heterocycles. The molecular formula is C32H20N4O10. The number of aromatic carboxylic acids is 4. The summed E-state index contributed by atoms with van der Waals surface area (Å²) < 4.78 is 11.0. The number of fused-ring (bicyclic) bond motifs is 2. The van der Waals surface area contributed by atoms with E-state index in [2.05, 4.69) is 19.9 Å². The maximum atomic E-state index is 11.0. The van der Waals surface area contributed by atoms with Crippen LogP contribution in [-0.4, -0.2) is 64.2 Å². The number of carboxylic acid groups (broad SMARTS) is 4. The van der Waals surface area contributed by atoms with Crippen molar-refractivity contribution in [2.45, 2.75) is 0 Å². The third-order valence-electron chi connectivity index (χ3n) is 6.18. The van der Waals surface area contributed by atoms with E-state index in [0.29, 0.717) is 33.6 Å². The zero-order valence-electron chi connectivity index (χ0n) is 23.3. The molecule has 0 fully saturated rings. The second-order valence-corrected chi connectivity index (χ2v) is 9.30. The third kappa shape index (κ3) is 7.33. The Bertz CT molecular complexity index is 1960. The number of carbonyl (C=O) groups is 4. The normalized spacial score (nSPS) is 10.4. The van der Waals surface area contributed by atoms with Gasteiger partial charge in [0.2, 0.25) is 11.8 Å². The van der Waals surface area contributed by atoms with Crippen molar-refractivity contribution in [3.8, 4) is 23.3 Å². The molecule has 6 rings (SSSR count). The Morgan fingerprint density at radius 2 is 0.761 bits per heavy atom. The molecule has 46 heavy (non-hydrogen) atoms. The minimum atomic E-state index is -1.05. The van der Waals surface area contributed by atoms with Gasteiger partial charge in [-0.15, -0.1) is 0 Å². The van der Waals surface area contributed by atoms with E-state index in [9.17, 15) is 19.2 Å². The van der Waals surface area contributed by atoms with Crippen LogP contribution in [-0.2, 0) is 0 Å². The smallest absolute Gasteiger partial charge is 0.335 e. The molecule has 0 saturated heterocycles. The standard InChI is InChI=1S/2C16H10N2O5/c2*19-15(20)9-1-4-11(5-2-9)23-14-8-17-12-6-3-10(16(21)22)7-13(12)18-14/h2*1-8H,(H,19,20)(H,21,22). The molecule has 0 unspecified atom stereocenters. The summed E-state index contributed by atoms with van der Waals surface area (Å²) >= 11 is 0. The number of nitrogens with zero attached hydrogens (tertiary/aromatic N) is 4. The lowest BCUT2D eigenvalue weighted by atomic mass is 10.2. The van der Waals surface area contributed by atoms with Crippen LogP contribution in [0.1, 0.15) is 41.4 Å². The van der Waals surface area contributed by atoms with Crippen LogP contribution in [0.3, 0.4) is 0 Å². The van der Waals surface area contributed by atoms with Gasteiger partial charge in [0, 0.05) is 0 Å². The number of ether oxygens (including phenoxy) is 2. The van der Waals surface area contributed by atoms with Crippen LogP contribution in [0.15, 0.2) is 97.3 Å². The number of hydrogen-bond acceptors (Lipinski definition) is 10. The number of carboxylic acids is 4. The van der Waals surface area contributed by atoms with Crippen molar-refractivity contribution in [2.24, 2.45) is 0 Å². The van der Waals surface area contributed by atoms with Crippen LogP contribution < -0.4 is 9.47 Å². The number of aromatic nitrogens is 4. The molecule has 14 nitrogen and oxygen atoms in total. The van der Waals surface area contributed by atoms with E-state index in [4.69, 9.17) is 29.9 Å². The molecule has 4 N–H and O–H groups in total. The van der Waals surface area contributed by atoms with Crippen LogP contribution in [0.2, 0.25) is 0 Å². The first-order valence-corrected chi connectivity index (χ1v) is 13.1. The Morgan fingerprint density at radius 1 is 0.435 bits per heavy atom. The van der Waals surface area contributed by atoms with E-state index in [-0.39, 0.29) is 34.0 Å². The van der Waals surface area contributed by atoms with E-state index in [1.165, 1.54) is 85.2 Å². The maximum Gasteiger partial charge on any atom is 0.335 e. The lowest BCUT2D eigenvalue weighted by molar-refractivity contribution is 0.0686. The van der Waals surface area contributed by atoms with Crippen LogP contribution >= 0.6 is 0 Å². The first-order valence-electron chi connectivity index (χ1n) is 13.1. The molecule has 0 spiro atoms. The van der Waals surface area contributed by atoms with Crippen LogP contribution in [0, 0.1) is 0 Å². The molecule has 6 aromatic rings. The highest BCUT2D eigenvalue weighted by atomic mass is 16.5. The third-order valence-corrected chi connectivity index (χ3v) is 6.18. The van der Waals surface area contributed by atoms with Crippen molar-refractivity contribution in [1.82, 2.24) is 19.9 Å². The summed E-state index contributed by atoms with van der Waals surface area (Å²) in [5, 5.41) is 35.7. The van der Waals surface area contributed by atoms with E-state index in [0.717, 1.165) is 0 Å². The van der Waals surface area contributed by atoms with Crippen molar-refractivity contribution >= 4 is 45.9 Å². The Hall–Kier alpha value is -6.96. The average molecular weight is 621 g/mol. The topological polar surface area (TPSA) is 219 Å². The van der Waals surface area contributed by atoms with Gasteiger partial charge in [0.25, 0.3) is 0 Å². The van der Waals surface area contributed by atoms with Gasteiger partial charge in [-0.05, 0) is 84.9 Å². The summed E-state index contributed by atoms with van der Waals surface area (Å²) in [5.41, 5.74) is 2.38. The molecule has 14 heteroatoms. The minimum Gasteiger partial charge on any atom is -0.478 e. The Morgan fingerprint density at radius 3 is 1.09 bits per heavy atom. The second-order valence-electron chi connectivity index (χ2n) is 9.30. The van der Waals surface area contributed by atoms with Crippen molar-refractivity contribution in [1.29, 1.82) is 0 Å². The maximum absolute atomic E-state index is 11.0. The Kier molecular flexibility index (Phi) is 8.71. The molecule has 4 aromatic carbocycles. The van der Waals surface area contributed by atoms with Crippen molar-refractivity contribution < 1.29 is 49.1 Å². The highest BCUT2D eigenvalue weighted by molar-refractivity contribution is 5.93. The van der Waals surface area contributed by atoms with Crippen molar-refractivity contribution in [3.63, 3.8) is 0 Å². The van der Waals surface area contributed by atoms with Crippen molar-refractivity contribution in [2.75, 3.05) is 0 Å². The fourth-order valence-corrected chi connectivity index (χ4v) is 3.93. The molecule has 0 aliphatic rings. The molecular weight excluding hydrogens is 600 g/mol. The van der Waals surface area contributed by atoms with Crippen LogP contribution in [0.4, 0.5) is 0 Å². The molecule has 0 bridgehead atoms. The molecule has 0 aliphatic carbocycles. The zero-order chi connectivity index (χ0) is 32.8. The molecule has 2 aromatic heterocycles. The number of benzene rings is 4. The van der Waals surface area contributed by atoms with Gasteiger partial charge in [-0.1, -0.05) is 0 Å². The van der Waals surface area contributed by atoms with Gasteiger partial charge in [-0.2, -0.15) is 0 Å². The van der Waals surface area contributed by atoms with Crippen molar-refractivity contribution in [3.05, 3.63) is 120 Å². The molecule has 0 saturated carbocycles. The van der Waals surface area contributed by atoms with Gasteiger partial charge >= 0.3 is 23.9 Å². The Balaban J connectivity index is 0.000000181. The summed E-state index contributed by atoms with van der Waals surface area (Å²) in [4.78, 5) is 60.3. The van der Waals surface area contributed by atoms with Gasteiger partial charge in [0.15, 0.2) is 0 Å². The first kappa shape index (κ1) is 30.5. The molecule has 0 amide bonds. The van der Waals surface area contributed by atoms with Crippen LogP contribution in [0.25, 0.3) is 22.1 Å². The summed E-state index contributed by atoms with van der Waals surface area (Å²) in [6.07, 6.45) is 2.82. The van der Waals surface area contributed by atoms with Gasteiger partial charge in [0.1, 0.15) is 11.5 Å². The minimum absolute atomic E-state index is 0.106. The molecule has 2 heterocycles. The van der Waals surface area contributed by atoms with E-state index >= 15 is 0 Å². The van der Waals surface area contributed by atoms with Gasteiger partial charge in [-0.25, -0.2) is 39.1 Å². The first-order chi connectivity index (χ1) is 22.0. The predicted octanol–water partition coefficient (Wildman–Crippen LogP) is 5.64. The predicted molar refractivity (Wildman–Crippen MR) is 160 cm³/mol. The quantitative estimate of drug-likeness (QED) is 0.162. The fraction of sp³-hybridized carbons (Fsp3) is 0. The summed E-state index contributed by atoms with van der Waals surface area (Å²) in [7, 11) is 0. The SMILES string of the molecule is O=C(O)c1ccc(Oc2cnc3ccc(C(=O)O)cc3n2)cc1.O=C(O)c1ccc(Oc2cnc3ccc(C(=O)O)cc3n2)cc1. The van der Waals surface area contributed by atoms with E-state index < -0.39 is 23.9 Å². The largest absolute Gasteiger partial charge is 0.478 e. The second kappa shape index (κ2) is 13.1. The monoisotopic (exact) mass is 620 g/mol. The zero-order valence-corrected chi connectivity index (χ0v) is 23.3.